The smallest absolute Gasteiger partial charge is 0.0467 e. The van der Waals surface area contributed by atoms with E-state index in [1.54, 1.807) is 0 Å². The number of hydrogen-bond donors (Lipinski definition) is 0. The van der Waals surface area contributed by atoms with E-state index < -0.39 is 0 Å². The molecule has 0 bridgehead atoms. The Kier molecular flexibility index (Phi) is 7.41. The van der Waals surface area contributed by atoms with Crippen LogP contribution in [0.4, 0.5) is 17.1 Å². The topological polar surface area (TPSA) is 3.24 Å². The molecule has 0 N–H and O–H groups in total. The molecule has 0 spiro atoms. The third kappa shape index (κ3) is 5.24. The van der Waals surface area contributed by atoms with E-state index in [9.17, 15) is 0 Å². The standard InChI is InChI=1S/C50H33NS/c1-2-11-34(12-3-1)35-23-28-40(29-24-35)51(42-17-8-16-39(33-42)44-20-9-15-36-13-4-6-18-43(36)44)41-30-25-38(26-31-41)45-21-10-22-48-49(45)47-32-27-37-14-5-7-19-46(37)50(47)52-48/h1-33H. The Morgan fingerprint density at radius 1 is 0.327 bits per heavy atom. The van der Waals surface area contributed by atoms with E-state index in [1.807, 2.05) is 11.3 Å². The SMILES string of the molecule is c1ccc(-c2ccc(N(c3ccc(-c4cccc5sc6c7ccccc7ccc6c45)cc3)c3cccc(-c4cccc5ccccc45)c3)cc2)cc1. The number of nitrogens with zero attached hydrogens (tertiary/aromatic N) is 1. The number of thiophene rings is 1. The van der Waals surface area contributed by atoms with Crippen molar-refractivity contribution in [2.75, 3.05) is 4.90 Å². The number of fused-ring (bicyclic) bond motifs is 6. The van der Waals surface area contributed by atoms with Crippen LogP contribution in [0.15, 0.2) is 200 Å². The highest BCUT2D eigenvalue weighted by Gasteiger charge is 2.17. The van der Waals surface area contributed by atoms with E-state index in [2.05, 4.69) is 205 Å². The fourth-order valence-corrected chi connectivity index (χ4v) is 9.02. The summed E-state index contributed by atoms with van der Waals surface area (Å²) in [6.45, 7) is 0. The van der Waals surface area contributed by atoms with E-state index in [1.165, 1.54) is 75.1 Å². The van der Waals surface area contributed by atoms with Crippen LogP contribution in [0.3, 0.4) is 0 Å². The van der Waals surface area contributed by atoms with Gasteiger partial charge in [-0.2, -0.15) is 0 Å². The first-order valence-electron chi connectivity index (χ1n) is 17.8. The average molecular weight is 680 g/mol. The minimum Gasteiger partial charge on any atom is -0.310 e. The van der Waals surface area contributed by atoms with Gasteiger partial charge < -0.3 is 4.90 Å². The van der Waals surface area contributed by atoms with Crippen molar-refractivity contribution in [3.63, 3.8) is 0 Å². The van der Waals surface area contributed by atoms with Gasteiger partial charge in [0.2, 0.25) is 0 Å². The van der Waals surface area contributed by atoms with Crippen molar-refractivity contribution in [3.05, 3.63) is 200 Å². The van der Waals surface area contributed by atoms with Crippen molar-refractivity contribution < 1.29 is 0 Å². The van der Waals surface area contributed by atoms with Crippen LogP contribution in [-0.2, 0) is 0 Å². The molecule has 0 saturated carbocycles. The lowest BCUT2D eigenvalue weighted by atomic mass is 9.97. The predicted octanol–water partition coefficient (Wildman–Crippen LogP) is 14.8. The van der Waals surface area contributed by atoms with Gasteiger partial charge in [-0.1, -0.05) is 158 Å². The maximum Gasteiger partial charge on any atom is 0.0467 e. The Morgan fingerprint density at radius 3 is 1.69 bits per heavy atom. The van der Waals surface area contributed by atoms with Crippen LogP contribution in [0.2, 0.25) is 0 Å². The van der Waals surface area contributed by atoms with Crippen LogP contribution in [0.25, 0.3) is 75.1 Å². The highest BCUT2D eigenvalue weighted by atomic mass is 32.1. The first kappa shape index (κ1) is 30.4. The third-order valence-electron chi connectivity index (χ3n) is 10.3. The maximum absolute atomic E-state index is 2.37. The van der Waals surface area contributed by atoms with Crippen molar-refractivity contribution in [3.8, 4) is 33.4 Å². The molecule has 9 aromatic carbocycles. The van der Waals surface area contributed by atoms with E-state index in [0.717, 1.165) is 17.1 Å². The van der Waals surface area contributed by atoms with Crippen molar-refractivity contribution in [1.29, 1.82) is 0 Å². The number of anilines is 3. The fraction of sp³-hybridized carbons (Fsp3) is 0. The predicted molar refractivity (Wildman–Crippen MR) is 225 cm³/mol. The minimum atomic E-state index is 1.11. The molecule has 0 saturated heterocycles. The van der Waals surface area contributed by atoms with Gasteiger partial charge in [0.1, 0.15) is 0 Å². The van der Waals surface area contributed by atoms with Gasteiger partial charge in [-0.15, -0.1) is 11.3 Å². The molecule has 1 nitrogen and oxygen atoms in total. The fourth-order valence-electron chi connectivity index (χ4n) is 7.75. The van der Waals surface area contributed by atoms with Crippen LogP contribution in [-0.4, -0.2) is 0 Å². The van der Waals surface area contributed by atoms with Gasteiger partial charge in [0, 0.05) is 37.2 Å². The van der Waals surface area contributed by atoms with Gasteiger partial charge in [0.05, 0.1) is 0 Å². The largest absolute Gasteiger partial charge is 0.310 e. The Labute approximate surface area is 307 Å². The Balaban J connectivity index is 1.10. The lowest BCUT2D eigenvalue weighted by Gasteiger charge is -2.26. The molecule has 10 rings (SSSR count). The molecule has 2 heteroatoms. The van der Waals surface area contributed by atoms with Crippen LogP contribution in [0.1, 0.15) is 0 Å². The third-order valence-corrected chi connectivity index (χ3v) is 11.5. The molecule has 52 heavy (non-hydrogen) atoms. The van der Waals surface area contributed by atoms with Gasteiger partial charge in [-0.25, -0.2) is 0 Å². The second-order valence-corrected chi connectivity index (χ2v) is 14.4. The summed E-state index contributed by atoms with van der Waals surface area (Å²) < 4.78 is 2.67. The van der Waals surface area contributed by atoms with Crippen molar-refractivity contribution in [2.45, 2.75) is 0 Å². The van der Waals surface area contributed by atoms with Crippen molar-refractivity contribution in [1.82, 2.24) is 0 Å². The first-order valence-corrected chi connectivity index (χ1v) is 18.6. The summed E-state index contributed by atoms with van der Waals surface area (Å²) in [6, 6.07) is 72.8. The van der Waals surface area contributed by atoms with Crippen LogP contribution in [0.5, 0.6) is 0 Å². The molecule has 244 valence electrons. The zero-order valence-electron chi connectivity index (χ0n) is 28.4. The molecule has 0 fully saturated rings. The molecule has 1 heterocycles. The van der Waals surface area contributed by atoms with Gasteiger partial charge in [-0.3, -0.25) is 0 Å². The lowest BCUT2D eigenvalue weighted by Crippen LogP contribution is -2.10. The summed E-state index contributed by atoms with van der Waals surface area (Å²) in [5.74, 6) is 0. The molecule has 0 aliphatic heterocycles. The number of hydrogen-bond acceptors (Lipinski definition) is 2. The lowest BCUT2D eigenvalue weighted by molar-refractivity contribution is 1.28. The van der Waals surface area contributed by atoms with Gasteiger partial charge >= 0.3 is 0 Å². The maximum atomic E-state index is 2.37. The van der Waals surface area contributed by atoms with E-state index in [0.29, 0.717) is 0 Å². The van der Waals surface area contributed by atoms with E-state index in [4.69, 9.17) is 0 Å². The first-order chi connectivity index (χ1) is 25.8. The second-order valence-electron chi connectivity index (χ2n) is 13.3. The summed E-state index contributed by atoms with van der Waals surface area (Å²) in [6.07, 6.45) is 0. The summed E-state index contributed by atoms with van der Waals surface area (Å²) in [4.78, 5) is 2.37. The molecule has 0 radical (unpaired) electrons. The van der Waals surface area contributed by atoms with Crippen molar-refractivity contribution >= 4 is 70.1 Å². The minimum absolute atomic E-state index is 1.11. The molecule has 1 aromatic heterocycles. The molecular formula is C50H33NS. The molecular weight excluding hydrogens is 647 g/mol. The van der Waals surface area contributed by atoms with Gasteiger partial charge in [0.25, 0.3) is 0 Å². The van der Waals surface area contributed by atoms with E-state index >= 15 is 0 Å². The Morgan fingerprint density at radius 2 is 0.904 bits per heavy atom. The molecule has 0 amide bonds. The Bertz CT molecular complexity index is 2880. The highest BCUT2D eigenvalue weighted by Crippen LogP contribution is 2.44. The molecule has 0 atom stereocenters. The zero-order chi connectivity index (χ0) is 34.4. The molecule has 0 unspecified atom stereocenters. The average Bonchev–Trinajstić information content (AvgIpc) is 3.62. The quantitative estimate of drug-likeness (QED) is 0.169. The summed E-state index contributed by atoms with van der Waals surface area (Å²) in [7, 11) is 0. The van der Waals surface area contributed by atoms with Crippen LogP contribution in [0, 0.1) is 0 Å². The number of benzene rings is 9. The zero-order valence-corrected chi connectivity index (χ0v) is 29.2. The number of rotatable bonds is 6. The molecule has 0 aliphatic carbocycles. The normalized spacial score (nSPS) is 11.5. The summed E-state index contributed by atoms with van der Waals surface area (Å²) in [5.41, 5.74) is 10.7. The summed E-state index contributed by atoms with van der Waals surface area (Å²) >= 11 is 1.89. The highest BCUT2D eigenvalue weighted by molar-refractivity contribution is 7.26. The molecule has 10 aromatic rings. The van der Waals surface area contributed by atoms with Gasteiger partial charge in [-0.05, 0) is 97.4 Å². The summed E-state index contributed by atoms with van der Waals surface area (Å²) in [5, 5.41) is 7.77. The van der Waals surface area contributed by atoms with Crippen LogP contribution >= 0.6 is 11.3 Å². The monoisotopic (exact) mass is 679 g/mol. The van der Waals surface area contributed by atoms with Crippen molar-refractivity contribution in [2.24, 2.45) is 0 Å². The van der Waals surface area contributed by atoms with E-state index in [-0.39, 0.29) is 0 Å². The Hall–Kier alpha value is -6.48. The molecule has 0 aliphatic rings. The van der Waals surface area contributed by atoms with Gasteiger partial charge in [0.15, 0.2) is 0 Å². The van der Waals surface area contributed by atoms with Crippen LogP contribution < -0.4 is 4.90 Å². The second kappa shape index (κ2) is 12.7.